The van der Waals surface area contributed by atoms with Crippen molar-refractivity contribution in [3.8, 4) is 0 Å². The maximum Gasteiger partial charge on any atom is 0.0495 e. The van der Waals surface area contributed by atoms with E-state index in [1.165, 1.54) is 64.5 Å². The molecule has 1 aliphatic carbocycles. The van der Waals surface area contributed by atoms with Crippen molar-refractivity contribution < 1.29 is 4.74 Å². The number of nitrogens with one attached hydrogen (secondary N) is 2. The monoisotopic (exact) mass is 266 g/mol. The minimum absolute atomic E-state index is 0.776. The lowest BCUT2D eigenvalue weighted by atomic mass is 9.88. The standard InChI is InChI=1S/C16H30N2O/c1-2-9-17-15(5-1)14-4-3-6-16(14)18-10-7-13-8-11-19-12-13/h13-18H,1-12H2. The number of piperidine rings is 1. The van der Waals surface area contributed by atoms with Gasteiger partial charge in [0.05, 0.1) is 0 Å². The number of rotatable bonds is 5. The van der Waals surface area contributed by atoms with Gasteiger partial charge in [-0.3, -0.25) is 0 Å². The van der Waals surface area contributed by atoms with Gasteiger partial charge in [0.2, 0.25) is 0 Å². The summed E-state index contributed by atoms with van der Waals surface area (Å²) in [5.41, 5.74) is 0. The Morgan fingerprint density at radius 1 is 1.05 bits per heavy atom. The van der Waals surface area contributed by atoms with Gasteiger partial charge < -0.3 is 15.4 Å². The lowest BCUT2D eigenvalue weighted by Gasteiger charge is -2.33. The SMILES string of the molecule is C1CCC(C2CCCC2NCCC2CCOC2)NC1. The minimum Gasteiger partial charge on any atom is -0.381 e. The molecule has 0 amide bonds. The van der Waals surface area contributed by atoms with E-state index < -0.39 is 0 Å². The molecule has 2 N–H and O–H groups in total. The molecule has 3 heteroatoms. The molecule has 0 aromatic heterocycles. The smallest absolute Gasteiger partial charge is 0.0495 e. The molecule has 4 atom stereocenters. The normalized spacial score (nSPS) is 39.8. The first-order valence-corrected chi connectivity index (χ1v) is 8.48. The van der Waals surface area contributed by atoms with Crippen LogP contribution in [-0.2, 0) is 4.74 Å². The highest BCUT2D eigenvalue weighted by Crippen LogP contribution is 2.31. The third-order valence-electron chi connectivity index (χ3n) is 5.42. The molecule has 19 heavy (non-hydrogen) atoms. The fourth-order valence-corrected chi connectivity index (χ4v) is 4.25. The maximum absolute atomic E-state index is 5.46. The zero-order valence-electron chi connectivity index (χ0n) is 12.2. The molecule has 1 saturated carbocycles. The van der Waals surface area contributed by atoms with Gasteiger partial charge >= 0.3 is 0 Å². The largest absolute Gasteiger partial charge is 0.381 e. The summed E-state index contributed by atoms with van der Waals surface area (Å²) in [4.78, 5) is 0. The Hall–Kier alpha value is -0.120. The average Bonchev–Trinajstić information content (AvgIpc) is 3.11. The molecule has 2 heterocycles. The zero-order chi connectivity index (χ0) is 12.9. The quantitative estimate of drug-likeness (QED) is 0.801. The Balaban J connectivity index is 1.40. The van der Waals surface area contributed by atoms with Gasteiger partial charge in [-0.1, -0.05) is 12.8 Å². The first kappa shape index (κ1) is 13.8. The first-order chi connectivity index (χ1) is 9.43. The highest BCUT2D eigenvalue weighted by atomic mass is 16.5. The molecule has 3 aliphatic rings. The van der Waals surface area contributed by atoms with Gasteiger partial charge in [-0.15, -0.1) is 0 Å². The van der Waals surface area contributed by atoms with E-state index in [1.807, 2.05) is 0 Å². The first-order valence-electron chi connectivity index (χ1n) is 8.48. The molecule has 3 rings (SSSR count). The minimum atomic E-state index is 0.776. The van der Waals surface area contributed by atoms with Crippen LogP contribution in [0.2, 0.25) is 0 Å². The number of ether oxygens (including phenoxy) is 1. The van der Waals surface area contributed by atoms with Crippen molar-refractivity contribution in [3.05, 3.63) is 0 Å². The molecule has 3 fully saturated rings. The molecule has 0 spiro atoms. The lowest BCUT2D eigenvalue weighted by molar-refractivity contribution is 0.183. The second kappa shape index (κ2) is 7.05. The average molecular weight is 266 g/mol. The highest BCUT2D eigenvalue weighted by Gasteiger charge is 2.33. The summed E-state index contributed by atoms with van der Waals surface area (Å²) >= 11 is 0. The zero-order valence-corrected chi connectivity index (χ0v) is 12.2. The van der Waals surface area contributed by atoms with Crippen LogP contribution in [0.25, 0.3) is 0 Å². The van der Waals surface area contributed by atoms with E-state index in [1.54, 1.807) is 0 Å². The van der Waals surface area contributed by atoms with E-state index in [9.17, 15) is 0 Å². The van der Waals surface area contributed by atoms with Crippen LogP contribution < -0.4 is 10.6 Å². The summed E-state index contributed by atoms with van der Waals surface area (Å²) in [6.07, 6.45) is 11.0. The molecule has 0 bridgehead atoms. The summed E-state index contributed by atoms with van der Waals surface area (Å²) in [6.45, 7) is 4.43. The van der Waals surface area contributed by atoms with Crippen LogP contribution in [-0.4, -0.2) is 38.4 Å². The van der Waals surface area contributed by atoms with Crippen molar-refractivity contribution in [2.24, 2.45) is 11.8 Å². The molecule has 3 nitrogen and oxygen atoms in total. The molecule has 110 valence electrons. The Labute approximate surface area is 117 Å². The van der Waals surface area contributed by atoms with Gasteiger partial charge in [0.1, 0.15) is 0 Å². The van der Waals surface area contributed by atoms with Crippen LogP contribution in [0.1, 0.15) is 51.4 Å². The summed E-state index contributed by atoms with van der Waals surface area (Å²) in [7, 11) is 0. The van der Waals surface area contributed by atoms with Gasteiger partial charge in [0, 0.05) is 25.3 Å². The maximum atomic E-state index is 5.46. The van der Waals surface area contributed by atoms with E-state index in [4.69, 9.17) is 4.74 Å². The van der Waals surface area contributed by atoms with E-state index in [2.05, 4.69) is 10.6 Å². The molecule has 0 aromatic rings. The van der Waals surface area contributed by atoms with Crippen LogP contribution in [0.15, 0.2) is 0 Å². The van der Waals surface area contributed by atoms with Gasteiger partial charge in [-0.25, -0.2) is 0 Å². The molecule has 2 saturated heterocycles. The fourth-order valence-electron chi connectivity index (χ4n) is 4.25. The van der Waals surface area contributed by atoms with Crippen molar-refractivity contribution in [1.82, 2.24) is 10.6 Å². The van der Waals surface area contributed by atoms with Gasteiger partial charge in [0.25, 0.3) is 0 Å². The summed E-state index contributed by atoms with van der Waals surface area (Å²) < 4.78 is 5.46. The topological polar surface area (TPSA) is 33.3 Å². The summed E-state index contributed by atoms with van der Waals surface area (Å²) in [5.74, 6) is 1.71. The summed E-state index contributed by atoms with van der Waals surface area (Å²) in [5, 5.41) is 7.62. The van der Waals surface area contributed by atoms with Crippen LogP contribution in [0.4, 0.5) is 0 Å². The van der Waals surface area contributed by atoms with Crippen LogP contribution >= 0.6 is 0 Å². The molecule has 4 unspecified atom stereocenters. The van der Waals surface area contributed by atoms with E-state index in [-0.39, 0.29) is 0 Å². The fraction of sp³-hybridized carbons (Fsp3) is 1.00. The van der Waals surface area contributed by atoms with E-state index in [0.717, 1.165) is 37.1 Å². The Morgan fingerprint density at radius 3 is 2.84 bits per heavy atom. The molecule has 0 aromatic carbocycles. The number of hydrogen-bond acceptors (Lipinski definition) is 3. The van der Waals surface area contributed by atoms with Crippen LogP contribution in [0, 0.1) is 11.8 Å². The van der Waals surface area contributed by atoms with E-state index >= 15 is 0 Å². The van der Waals surface area contributed by atoms with Crippen molar-refractivity contribution in [1.29, 1.82) is 0 Å². The van der Waals surface area contributed by atoms with Crippen LogP contribution in [0.3, 0.4) is 0 Å². The Morgan fingerprint density at radius 2 is 2.05 bits per heavy atom. The van der Waals surface area contributed by atoms with Gasteiger partial charge in [-0.05, 0) is 63.5 Å². The van der Waals surface area contributed by atoms with Crippen molar-refractivity contribution >= 4 is 0 Å². The predicted octanol–water partition coefficient (Wildman–Crippen LogP) is 2.31. The van der Waals surface area contributed by atoms with Crippen LogP contribution in [0.5, 0.6) is 0 Å². The molecular weight excluding hydrogens is 236 g/mol. The molecular formula is C16H30N2O. The second-order valence-corrected chi connectivity index (χ2v) is 6.73. The highest BCUT2D eigenvalue weighted by molar-refractivity contribution is 4.92. The predicted molar refractivity (Wildman–Crippen MR) is 78.3 cm³/mol. The van der Waals surface area contributed by atoms with E-state index in [0.29, 0.717) is 0 Å². The van der Waals surface area contributed by atoms with Crippen molar-refractivity contribution in [3.63, 3.8) is 0 Å². The lowest BCUT2D eigenvalue weighted by Crippen LogP contribution is -2.47. The Bertz CT molecular complexity index is 259. The second-order valence-electron chi connectivity index (χ2n) is 6.73. The third-order valence-corrected chi connectivity index (χ3v) is 5.42. The molecule has 2 aliphatic heterocycles. The summed E-state index contributed by atoms with van der Waals surface area (Å²) in [6, 6.07) is 1.57. The third kappa shape index (κ3) is 3.71. The van der Waals surface area contributed by atoms with Gasteiger partial charge in [-0.2, -0.15) is 0 Å². The van der Waals surface area contributed by atoms with Gasteiger partial charge in [0.15, 0.2) is 0 Å². The Kier molecular flexibility index (Phi) is 5.14. The van der Waals surface area contributed by atoms with Crippen molar-refractivity contribution in [2.75, 3.05) is 26.3 Å². The molecule has 0 radical (unpaired) electrons. The van der Waals surface area contributed by atoms with Crippen molar-refractivity contribution in [2.45, 2.75) is 63.5 Å². The number of hydrogen-bond donors (Lipinski definition) is 2.